The van der Waals surface area contributed by atoms with E-state index in [9.17, 15) is 4.79 Å². The van der Waals surface area contributed by atoms with E-state index < -0.39 is 0 Å². The molecule has 128 valence electrons. The molecule has 2 heterocycles. The standard InChI is InChI=1S/C19H24N2O2S/c1-13-5-7-15(8-6-13)18-17(4-3-11-23-18)19(22)20-10-9-16-12-24-14(2)21-16/h5-8,12,17-18H,3-4,9-11H2,1-2H3,(H,20,22)/t17-,18-/m0/s1. The van der Waals surface area contributed by atoms with Gasteiger partial charge in [0.05, 0.1) is 22.7 Å². The Morgan fingerprint density at radius 1 is 1.33 bits per heavy atom. The van der Waals surface area contributed by atoms with Gasteiger partial charge in [0.15, 0.2) is 0 Å². The third kappa shape index (κ3) is 4.22. The first-order chi connectivity index (χ1) is 11.6. The van der Waals surface area contributed by atoms with Crippen LogP contribution in [-0.2, 0) is 16.0 Å². The number of nitrogens with zero attached hydrogens (tertiary/aromatic N) is 1. The van der Waals surface area contributed by atoms with E-state index in [0.717, 1.165) is 42.1 Å². The molecule has 0 unspecified atom stereocenters. The molecule has 0 bridgehead atoms. The molecule has 1 fully saturated rings. The van der Waals surface area contributed by atoms with Gasteiger partial charge >= 0.3 is 0 Å². The molecule has 1 N–H and O–H groups in total. The zero-order chi connectivity index (χ0) is 16.9. The van der Waals surface area contributed by atoms with Crippen molar-refractivity contribution < 1.29 is 9.53 Å². The maximum atomic E-state index is 12.6. The maximum absolute atomic E-state index is 12.6. The lowest BCUT2D eigenvalue weighted by atomic mass is 9.88. The van der Waals surface area contributed by atoms with Crippen LogP contribution in [0, 0.1) is 19.8 Å². The molecule has 1 saturated heterocycles. The largest absolute Gasteiger partial charge is 0.373 e. The molecule has 1 aromatic heterocycles. The van der Waals surface area contributed by atoms with Gasteiger partial charge in [0, 0.05) is 25.0 Å². The fraction of sp³-hybridized carbons (Fsp3) is 0.474. The Morgan fingerprint density at radius 2 is 2.12 bits per heavy atom. The Bertz CT molecular complexity index is 681. The fourth-order valence-electron chi connectivity index (χ4n) is 3.10. The predicted molar refractivity (Wildman–Crippen MR) is 96.2 cm³/mol. The molecular formula is C19H24N2O2S. The first kappa shape index (κ1) is 17.1. The van der Waals surface area contributed by atoms with Gasteiger partial charge in [-0.2, -0.15) is 0 Å². The number of carbonyl (C=O) groups excluding carboxylic acids is 1. The van der Waals surface area contributed by atoms with Crippen LogP contribution in [0.3, 0.4) is 0 Å². The lowest BCUT2D eigenvalue weighted by Crippen LogP contribution is -2.38. The highest BCUT2D eigenvalue weighted by molar-refractivity contribution is 7.09. The van der Waals surface area contributed by atoms with Crippen LogP contribution >= 0.6 is 11.3 Å². The van der Waals surface area contributed by atoms with Crippen molar-refractivity contribution in [3.8, 4) is 0 Å². The Labute approximate surface area is 147 Å². The van der Waals surface area contributed by atoms with Crippen LogP contribution in [0.5, 0.6) is 0 Å². The highest BCUT2D eigenvalue weighted by Crippen LogP contribution is 2.33. The number of rotatable bonds is 5. The summed E-state index contributed by atoms with van der Waals surface area (Å²) in [7, 11) is 0. The molecule has 5 heteroatoms. The number of nitrogens with one attached hydrogen (secondary N) is 1. The topological polar surface area (TPSA) is 51.2 Å². The van der Waals surface area contributed by atoms with Crippen LogP contribution in [0.15, 0.2) is 29.6 Å². The summed E-state index contributed by atoms with van der Waals surface area (Å²) in [4.78, 5) is 17.1. The van der Waals surface area contributed by atoms with Gasteiger partial charge in [-0.15, -0.1) is 11.3 Å². The van der Waals surface area contributed by atoms with E-state index in [-0.39, 0.29) is 17.9 Å². The van der Waals surface area contributed by atoms with Crippen molar-refractivity contribution >= 4 is 17.2 Å². The molecule has 3 rings (SSSR count). The van der Waals surface area contributed by atoms with E-state index in [4.69, 9.17) is 4.74 Å². The SMILES string of the molecule is Cc1ccc([C@@H]2OCCC[C@@H]2C(=O)NCCc2csc(C)n2)cc1. The fourth-order valence-corrected chi connectivity index (χ4v) is 3.75. The molecule has 2 aromatic rings. The van der Waals surface area contributed by atoms with Gasteiger partial charge < -0.3 is 10.1 Å². The number of hydrogen-bond acceptors (Lipinski definition) is 4. The molecule has 1 amide bonds. The van der Waals surface area contributed by atoms with Crippen LogP contribution in [-0.4, -0.2) is 24.0 Å². The highest BCUT2D eigenvalue weighted by Gasteiger charge is 2.32. The molecule has 0 saturated carbocycles. The molecule has 1 aliphatic heterocycles. The van der Waals surface area contributed by atoms with E-state index in [0.29, 0.717) is 6.54 Å². The predicted octanol–water partition coefficient (Wildman–Crippen LogP) is 3.59. The monoisotopic (exact) mass is 344 g/mol. The van der Waals surface area contributed by atoms with Crippen molar-refractivity contribution in [3.63, 3.8) is 0 Å². The molecule has 0 radical (unpaired) electrons. The number of amides is 1. The van der Waals surface area contributed by atoms with Crippen molar-refractivity contribution in [1.82, 2.24) is 10.3 Å². The Morgan fingerprint density at radius 3 is 2.83 bits per heavy atom. The van der Waals surface area contributed by atoms with Crippen molar-refractivity contribution in [3.05, 3.63) is 51.5 Å². The van der Waals surface area contributed by atoms with Crippen molar-refractivity contribution in [2.75, 3.05) is 13.2 Å². The first-order valence-corrected chi connectivity index (χ1v) is 9.38. The Kier molecular flexibility index (Phi) is 5.63. The van der Waals surface area contributed by atoms with Crippen LogP contribution < -0.4 is 5.32 Å². The number of aryl methyl sites for hydroxylation is 2. The molecule has 0 spiro atoms. The van der Waals surface area contributed by atoms with Gasteiger partial charge in [-0.1, -0.05) is 29.8 Å². The number of aromatic nitrogens is 1. The van der Waals surface area contributed by atoms with Crippen LogP contribution in [0.2, 0.25) is 0 Å². The summed E-state index contributed by atoms with van der Waals surface area (Å²) in [6.45, 7) is 5.41. The van der Waals surface area contributed by atoms with Crippen molar-refractivity contribution in [2.24, 2.45) is 5.92 Å². The van der Waals surface area contributed by atoms with E-state index in [2.05, 4.69) is 46.9 Å². The number of hydrogen-bond donors (Lipinski definition) is 1. The summed E-state index contributed by atoms with van der Waals surface area (Å²) in [5, 5.41) is 6.19. The number of thiazole rings is 1. The van der Waals surface area contributed by atoms with Gasteiger partial charge in [-0.05, 0) is 32.3 Å². The second-order valence-corrected chi connectivity index (χ2v) is 7.41. The summed E-state index contributed by atoms with van der Waals surface area (Å²) in [6.07, 6.45) is 2.45. The molecule has 1 aromatic carbocycles. The van der Waals surface area contributed by atoms with E-state index in [1.54, 1.807) is 11.3 Å². The average molecular weight is 344 g/mol. The number of carbonyl (C=O) groups is 1. The lowest BCUT2D eigenvalue weighted by molar-refractivity contribution is -0.134. The second-order valence-electron chi connectivity index (χ2n) is 6.35. The summed E-state index contributed by atoms with van der Waals surface area (Å²) in [6, 6.07) is 8.30. The normalized spacial score (nSPS) is 20.8. The molecule has 0 aliphatic carbocycles. The third-order valence-electron chi connectivity index (χ3n) is 4.41. The second kappa shape index (κ2) is 7.90. The first-order valence-electron chi connectivity index (χ1n) is 8.50. The molecule has 4 nitrogen and oxygen atoms in total. The smallest absolute Gasteiger partial charge is 0.226 e. The zero-order valence-electron chi connectivity index (χ0n) is 14.2. The van der Waals surface area contributed by atoms with Gasteiger partial charge in [0.1, 0.15) is 0 Å². The van der Waals surface area contributed by atoms with Crippen molar-refractivity contribution in [1.29, 1.82) is 0 Å². The maximum Gasteiger partial charge on any atom is 0.226 e. The molecule has 1 aliphatic rings. The van der Waals surface area contributed by atoms with Crippen LogP contribution in [0.4, 0.5) is 0 Å². The quantitative estimate of drug-likeness (QED) is 0.902. The van der Waals surface area contributed by atoms with Gasteiger partial charge in [-0.3, -0.25) is 4.79 Å². The summed E-state index contributed by atoms with van der Waals surface area (Å²) >= 11 is 1.65. The summed E-state index contributed by atoms with van der Waals surface area (Å²) in [5.74, 6) is -0.0224. The van der Waals surface area contributed by atoms with Gasteiger partial charge in [-0.25, -0.2) is 4.98 Å². The summed E-state index contributed by atoms with van der Waals surface area (Å²) in [5.41, 5.74) is 3.36. The van der Waals surface area contributed by atoms with Gasteiger partial charge in [0.25, 0.3) is 0 Å². The third-order valence-corrected chi connectivity index (χ3v) is 5.23. The lowest BCUT2D eigenvalue weighted by Gasteiger charge is -2.31. The van der Waals surface area contributed by atoms with Crippen LogP contribution in [0.25, 0.3) is 0 Å². The summed E-state index contributed by atoms with van der Waals surface area (Å²) < 4.78 is 5.93. The minimum atomic E-state index is -0.138. The molecule has 2 atom stereocenters. The number of ether oxygens (including phenoxy) is 1. The number of benzene rings is 1. The van der Waals surface area contributed by atoms with Crippen LogP contribution in [0.1, 0.15) is 40.8 Å². The minimum absolute atomic E-state index is 0.0900. The Balaban J connectivity index is 1.59. The van der Waals surface area contributed by atoms with E-state index >= 15 is 0 Å². The minimum Gasteiger partial charge on any atom is -0.373 e. The van der Waals surface area contributed by atoms with Crippen molar-refractivity contribution in [2.45, 2.75) is 39.2 Å². The van der Waals surface area contributed by atoms with Gasteiger partial charge in [0.2, 0.25) is 5.91 Å². The zero-order valence-corrected chi connectivity index (χ0v) is 15.1. The average Bonchev–Trinajstić information content (AvgIpc) is 3.01. The molecule has 24 heavy (non-hydrogen) atoms. The van der Waals surface area contributed by atoms with E-state index in [1.807, 2.05) is 6.92 Å². The highest BCUT2D eigenvalue weighted by atomic mass is 32.1. The Hall–Kier alpha value is -1.72. The van der Waals surface area contributed by atoms with E-state index in [1.165, 1.54) is 5.56 Å². The molecular weight excluding hydrogens is 320 g/mol.